The van der Waals surface area contributed by atoms with E-state index < -0.39 is 0 Å². The van der Waals surface area contributed by atoms with E-state index in [0.717, 1.165) is 51.9 Å². The van der Waals surface area contributed by atoms with Crippen LogP contribution < -0.4 is 0 Å². The Morgan fingerprint density at radius 3 is 1.79 bits per heavy atom. The van der Waals surface area contributed by atoms with Crippen LogP contribution in [0.3, 0.4) is 0 Å². The molecule has 1 aliphatic rings. The van der Waals surface area contributed by atoms with Crippen molar-refractivity contribution in [2.24, 2.45) is 11.8 Å². The van der Waals surface area contributed by atoms with E-state index in [1.807, 2.05) is 6.92 Å². The molecule has 0 aromatic rings. The molecule has 1 fully saturated rings. The van der Waals surface area contributed by atoms with E-state index in [-0.39, 0.29) is 18.0 Å². The van der Waals surface area contributed by atoms with Gasteiger partial charge in [0.05, 0.1) is 25.2 Å². The summed E-state index contributed by atoms with van der Waals surface area (Å²) >= 11 is 0. The Morgan fingerprint density at radius 1 is 0.737 bits per heavy atom. The highest BCUT2D eigenvalue weighted by atomic mass is 16.5. The Balaban J connectivity index is 1.97. The molecule has 5 nitrogen and oxygen atoms in total. The Hall–Kier alpha value is -0.650. The lowest BCUT2D eigenvalue weighted by atomic mass is 10.0. The van der Waals surface area contributed by atoms with Crippen LogP contribution in [0.25, 0.3) is 0 Å². The van der Waals surface area contributed by atoms with Gasteiger partial charge in [0.25, 0.3) is 0 Å². The molecule has 1 rings (SSSR count). The van der Waals surface area contributed by atoms with E-state index in [1.165, 1.54) is 89.9 Å². The molecule has 0 aromatic heterocycles. The summed E-state index contributed by atoms with van der Waals surface area (Å²) in [7, 11) is 4.19. The zero-order valence-corrected chi connectivity index (χ0v) is 26.2. The molecular formula is C33H65NO4. The molecule has 0 spiro atoms. The molecule has 0 N–H and O–H groups in total. The number of unbranched alkanes of at least 4 members (excludes halogenated alkanes) is 13. The first-order valence-corrected chi connectivity index (χ1v) is 16.5. The molecule has 38 heavy (non-hydrogen) atoms. The topological polar surface area (TPSA) is 48.0 Å². The molecule has 0 saturated heterocycles. The van der Waals surface area contributed by atoms with Gasteiger partial charge in [0, 0.05) is 13.2 Å². The number of likely N-dealkylation sites (N-methyl/N-ethyl adjacent to an activating group) is 1. The fraction of sp³-hybridized carbons (Fsp3) is 0.970. The highest BCUT2D eigenvalue weighted by molar-refractivity contribution is 5.72. The summed E-state index contributed by atoms with van der Waals surface area (Å²) in [5, 5.41) is 0. The fourth-order valence-electron chi connectivity index (χ4n) is 5.02. The zero-order chi connectivity index (χ0) is 27.8. The first-order valence-electron chi connectivity index (χ1n) is 16.5. The quantitative estimate of drug-likeness (QED) is 0.0736. The van der Waals surface area contributed by atoms with Crippen LogP contribution in [0.4, 0.5) is 0 Å². The first-order chi connectivity index (χ1) is 18.5. The molecule has 4 atom stereocenters. The molecule has 0 aliphatic heterocycles. The van der Waals surface area contributed by atoms with Crippen molar-refractivity contribution in [2.75, 3.05) is 40.5 Å². The summed E-state index contributed by atoms with van der Waals surface area (Å²) in [5.41, 5.74) is 0. The maximum atomic E-state index is 12.4. The highest BCUT2D eigenvalue weighted by Crippen LogP contribution is 2.39. The van der Waals surface area contributed by atoms with Gasteiger partial charge in [0.2, 0.25) is 0 Å². The number of carbonyl (C=O) groups is 1. The minimum Gasteiger partial charge on any atom is -0.462 e. The lowest BCUT2D eigenvalue weighted by Crippen LogP contribution is -2.37. The Morgan fingerprint density at radius 2 is 1.24 bits per heavy atom. The monoisotopic (exact) mass is 539 g/mol. The number of esters is 1. The van der Waals surface area contributed by atoms with Crippen molar-refractivity contribution < 1.29 is 19.0 Å². The van der Waals surface area contributed by atoms with Crippen LogP contribution in [0.1, 0.15) is 143 Å². The summed E-state index contributed by atoms with van der Waals surface area (Å²) in [6.45, 7) is 9.57. The van der Waals surface area contributed by atoms with Gasteiger partial charge in [-0.2, -0.15) is 0 Å². The van der Waals surface area contributed by atoms with Crippen LogP contribution >= 0.6 is 0 Å². The SMILES string of the molecule is CCCCCCCCCCOCC(COCCCCC(C)C(=O)OC1CC1CCCCCCCC)N(C)C. The van der Waals surface area contributed by atoms with Crippen molar-refractivity contribution in [2.45, 2.75) is 155 Å². The molecule has 0 heterocycles. The van der Waals surface area contributed by atoms with Gasteiger partial charge in [-0.15, -0.1) is 0 Å². The van der Waals surface area contributed by atoms with Gasteiger partial charge in [-0.05, 0) is 52.1 Å². The summed E-state index contributed by atoms with van der Waals surface area (Å²) in [4.78, 5) is 14.6. The average molecular weight is 540 g/mol. The van der Waals surface area contributed by atoms with Crippen molar-refractivity contribution in [1.29, 1.82) is 0 Å². The second kappa shape index (κ2) is 24.2. The van der Waals surface area contributed by atoms with Gasteiger partial charge in [0.1, 0.15) is 6.10 Å². The molecule has 5 heteroatoms. The van der Waals surface area contributed by atoms with Crippen LogP contribution in [0.2, 0.25) is 0 Å². The number of nitrogens with zero attached hydrogens (tertiary/aromatic N) is 1. The predicted molar refractivity (Wildman–Crippen MR) is 161 cm³/mol. The molecule has 0 amide bonds. The molecule has 0 radical (unpaired) electrons. The molecule has 0 bridgehead atoms. The van der Waals surface area contributed by atoms with Crippen molar-refractivity contribution in [3.8, 4) is 0 Å². The third-order valence-corrected chi connectivity index (χ3v) is 8.12. The first kappa shape index (κ1) is 35.4. The molecule has 4 unspecified atom stereocenters. The lowest BCUT2D eigenvalue weighted by molar-refractivity contribution is -0.150. The van der Waals surface area contributed by atoms with Gasteiger partial charge in [0.15, 0.2) is 0 Å². The average Bonchev–Trinajstić information content (AvgIpc) is 3.64. The van der Waals surface area contributed by atoms with Crippen molar-refractivity contribution in [3.63, 3.8) is 0 Å². The second-order valence-corrected chi connectivity index (χ2v) is 12.2. The van der Waals surface area contributed by atoms with Crippen LogP contribution in [-0.4, -0.2) is 63.5 Å². The minimum atomic E-state index is -0.00967. The van der Waals surface area contributed by atoms with Crippen molar-refractivity contribution >= 4 is 5.97 Å². The van der Waals surface area contributed by atoms with E-state index in [9.17, 15) is 4.79 Å². The number of hydrogen-bond donors (Lipinski definition) is 0. The number of carbonyl (C=O) groups excluding carboxylic acids is 1. The lowest BCUT2D eigenvalue weighted by Gasteiger charge is -2.24. The zero-order valence-electron chi connectivity index (χ0n) is 26.2. The number of rotatable bonds is 28. The standard InChI is InChI=1S/C33H65NO4/c1-6-8-10-12-14-15-17-20-24-36-27-31(34(4)5)28-37-25-21-19-22-29(3)33(35)38-32-26-30(32)23-18-16-13-11-9-7-2/h29-32H,6-28H2,1-5H3. The summed E-state index contributed by atoms with van der Waals surface area (Å²) in [5.74, 6) is 0.618. The summed E-state index contributed by atoms with van der Waals surface area (Å²) in [6.07, 6.45) is 24.0. The van der Waals surface area contributed by atoms with Gasteiger partial charge < -0.3 is 19.1 Å². The molecular weight excluding hydrogens is 474 g/mol. The number of hydrogen-bond acceptors (Lipinski definition) is 5. The third kappa shape index (κ3) is 19.4. The molecule has 1 aliphatic carbocycles. The highest BCUT2D eigenvalue weighted by Gasteiger charge is 2.40. The van der Waals surface area contributed by atoms with Crippen LogP contribution in [0.5, 0.6) is 0 Å². The van der Waals surface area contributed by atoms with Crippen LogP contribution in [0, 0.1) is 11.8 Å². The van der Waals surface area contributed by atoms with E-state index in [1.54, 1.807) is 0 Å². The maximum absolute atomic E-state index is 12.4. The van der Waals surface area contributed by atoms with Crippen molar-refractivity contribution in [1.82, 2.24) is 4.90 Å². The van der Waals surface area contributed by atoms with Gasteiger partial charge in [-0.25, -0.2) is 0 Å². The maximum Gasteiger partial charge on any atom is 0.308 e. The molecule has 226 valence electrons. The second-order valence-electron chi connectivity index (χ2n) is 12.2. The van der Waals surface area contributed by atoms with Gasteiger partial charge in [-0.1, -0.05) is 111 Å². The van der Waals surface area contributed by atoms with Gasteiger partial charge >= 0.3 is 5.97 Å². The summed E-state index contributed by atoms with van der Waals surface area (Å²) in [6, 6.07) is 0.292. The van der Waals surface area contributed by atoms with Crippen LogP contribution in [-0.2, 0) is 19.0 Å². The van der Waals surface area contributed by atoms with E-state index >= 15 is 0 Å². The van der Waals surface area contributed by atoms with E-state index in [2.05, 4.69) is 32.8 Å². The Kier molecular flexibility index (Phi) is 22.5. The normalized spacial score (nSPS) is 18.6. The van der Waals surface area contributed by atoms with Gasteiger partial charge in [-0.3, -0.25) is 4.79 Å². The fourth-order valence-corrected chi connectivity index (χ4v) is 5.02. The minimum absolute atomic E-state index is 0.00248. The van der Waals surface area contributed by atoms with E-state index in [4.69, 9.17) is 14.2 Å². The third-order valence-electron chi connectivity index (χ3n) is 8.12. The van der Waals surface area contributed by atoms with Crippen molar-refractivity contribution in [3.05, 3.63) is 0 Å². The van der Waals surface area contributed by atoms with Crippen LogP contribution in [0.15, 0.2) is 0 Å². The Labute approximate surface area is 237 Å². The Bertz CT molecular complexity index is 541. The molecule has 0 aromatic carbocycles. The summed E-state index contributed by atoms with van der Waals surface area (Å²) < 4.78 is 17.7. The molecule has 1 saturated carbocycles. The predicted octanol–water partition coefficient (Wildman–Crippen LogP) is 8.58. The smallest absolute Gasteiger partial charge is 0.308 e. The number of ether oxygens (including phenoxy) is 3. The largest absolute Gasteiger partial charge is 0.462 e. The van der Waals surface area contributed by atoms with E-state index in [0.29, 0.717) is 18.6 Å².